The minimum absolute atomic E-state index is 0.306. The van der Waals surface area contributed by atoms with Gasteiger partial charge in [0, 0.05) is 6.54 Å². The van der Waals surface area contributed by atoms with Crippen molar-refractivity contribution in [1.82, 2.24) is 5.32 Å². The van der Waals surface area contributed by atoms with Crippen molar-refractivity contribution in [2.45, 2.75) is 33.4 Å². The Morgan fingerprint density at radius 3 is 2.46 bits per heavy atom. The predicted molar refractivity (Wildman–Crippen MR) is 112 cm³/mol. The fourth-order valence-electron chi connectivity index (χ4n) is 2.90. The first kappa shape index (κ1) is 21.9. The highest BCUT2D eigenvalue weighted by Crippen LogP contribution is 2.26. The van der Waals surface area contributed by atoms with Crippen molar-refractivity contribution in [2.75, 3.05) is 23.7 Å². The molecule has 0 aromatic heterocycles. The minimum atomic E-state index is -3.63. The highest BCUT2D eigenvalue weighted by Gasteiger charge is 2.30. The van der Waals surface area contributed by atoms with Crippen molar-refractivity contribution < 1.29 is 17.9 Å². The number of carbonyl (C=O) groups excluding carboxylic acids is 1. The Balaban J connectivity index is 1.97. The summed E-state index contributed by atoms with van der Waals surface area (Å²) < 4.78 is 31.5. The highest BCUT2D eigenvalue weighted by molar-refractivity contribution is 7.92. The van der Waals surface area contributed by atoms with Crippen LogP contribution < -0.4 is 9.62 Å². The highest BCUT2D eigenvalue weighted by atomic mass is 32.2. The lowest BCUT2D eigenvalue weighted by Crippen LogP contribution is -2.48. The Hall–Kier alpha value is -2.38. The average molecular weight is 405 g/mol. The molecular weight excluding hydrogens is 376 g/mol. The largest absolute Gasteiger partial charge is 0.375 e. The number of nitrogens with zero attached hydrogens (tertiary/aromatic N) is 1. The summed E-state index contributed by atoms with van der Waals surface area (Å²) in [5.41, 5.74) is 3.30. The lowest BCUT2D eigenvalue weighted by molar-refractivity contribution is -0.122. The first-order valence-electron chi connectivity index (χ1n) is 9.16. The second-order valence-corrected chi connectivity index (χ2v) is 8.71. The molecule has 152 valence electrons. The predicted octanol–water partition coefficient (Wildman–Crippen LogP) is 2.79. The maximum atomic E-state index is 12.6. The number of anilines is 1. The van der Waals surface area contributed by atoms with Gasteiger partial charge in [-0.05, 0) is 43.5 Å². The van der Waals surface area contributed by atoms with E-state index in [2.05, 4.69) is 5.32 Å². The number of amides is 1. The van der Waals surface area contributed by atoms with Crippen LogP contribution in [0.4, 0.5) is 5.69 Å². The van der Waals surface area contributed by atoms with Gasteiger partial charge in [0.15, 0.2) is 0 Å². The molecule has 0 radical (unpaired) electrons. The molecule has 0 aliphatic rings. The number of hydrogen-bond acceptors (Lipinski definition) is 4. The first-order chi connectivity index (χ1) is 13.2. The van der Waals surface area contributed by atoms with Gasteiger partial charge in [-0.2, -0.15) is 0 Å². The normalized spacial score (nSPS) is 12.4. The molecule has 0 saturated carbocycles. The van der Waals surface area contributed by atoms with Crippen LogP contribution in [0.1, 0.15) is 23.6 Å². The first-order valence-corrected chi connectivity index (χ1v) is 11.0. The number of sulfonamides is 1. The zero-order valence-corrected chi connectivity index (χ0v) is 17.6. The Labute approximate surface area is 167 Å². The number of benzene rings is 2. The van der Waals surface area contributed by atoms with Gasteiger partial charge in [0.05, 0.1) is 25.2 Å². The molecule has 0 aliphatic heterocycles. The van der Waals surface area contributed by atoms with Crippen LogP contribution in [-0.2, 0) is 26.2 Å². The van der Waals surface area contributed by atoms with Crippen molar-refractivity contribution >= 4 is 21.6 Å². The number of carbonyl (C=O) groups is 1. The fraction of sp³-hybridized carbons (Fsp3) is 0.381. The van der Waals surface area contributed by atoms with Gasteiger partial charge in [0.1, 0.15) is 6.04 Å². The summed E-state index contributed by atoms with van der Waals surface area (Å²) in [5.74, 6) is -0.366. The van der Waals surface area contributed by atoms with Crippen LogP contribution in [0.25, 0.3) is 0 Å². The van der Waals surface area contributed by atoms with E-state index in [1.807, 2.05) is 56.3 Å². The molecule has 2 aromatic carbocycles. The molecule has 0 saturated heterocycles. The van der Waals surface area contributed by atoms with Crippen molar-refractivity contribution in [3.8, 4) is 0 Å². The number of nitrogens with one attached hydrogen (secondary N) is 1. The monoisotopic (exact) mass is 404 g/mol. The van der Waals surface area contributed by atoms with E-state index in [0.717, 1.165) is 22.9 Å². The lowest BCUT2D eigenvalue weighted by Gasteiger charge is -2.29. The van der Waals surface area contributed by atoms with Gasteiger partial charge < -0.3 is 10.1 Å². The van der Waals surface area contributed by atoms with E-state index in [4.69, 9.17) is 4.74 Å². The molecule has 0 bridgehead atoms. The maximum absolute atomic E-state index is 12.6. The van der Waals surface area contributed by atoms with Gasteiger partial charge in [-0.3, -0.25) is 9.10 Å². The molecule has 1 amide bonds. The quantitative estimate of drug-likeness (QED) is 0.652. The molecule has 0 fully saturated rings. The van der Waals surface area contributed by atoms with Gasteiger partial charge >= 0.3 is 0 Å². The number of hydrogen-bond donors (Lipinski definition) is 1. The lowest BCUT2D eigenvalue weighted by atomic mass is 10.1. The van der Waals surface area contributed by atoms with Crippen molar-refractivity contribution in [1.29, 1.82) is 0 Å². The standard InChI is InChI=1S/C21H28N2O4S/c1-16-10-11-17(2)20(14-16)23(28(4,25)26)18(3)21(24)22-12-13-27-15-19-8-6-5-7-9-19/h5-11,14,18H,12-13,15H2,1-4H3,(H,22,24)/t18-/m1/s1. The van der Waals surface area contributed by atoms with Crippen LogP contribution >= 0.6 is 0 Å². The van der Waals surface area contributed by atoms with E-state index in [-0.39, 0.29) is 5.91 Å². The van der Waals surface area contributed by atoms with E-state index >= 15 is 0 Å². The molecule has 1 N–H and O–H groups in total. The van der Waals surface area contributed by atoms with Gasteiger partial charge in [0.2, 0.25) is 15.9 Å². The van der Waals surface area contributed by atoms with Gasteiger partial charge in [0.25, 0.3) is 0 Å². The summed E-state index contributed by atoms with van der Waals surface area (Å²) >= 11 is 0. The molecular formula is C21H28N2O4S. The number of rotatable bonds is 9. The zero-order valence-electron chi connectivity index (χ0n) is 16.8. The summed E-state index contributed by atoms with van der Waals surface area (Å²) in [4.78, 5) is 12.6. The van der Waals surface area contributed by atoms with Crippen LogP contribution in [-0.4, -0.2) is 39.8 Å². The molecule has 7 heteroatoms. The number of ether oxygens (including phenoxy) is 1. The van der Waals surface area contributed by atoms with E-state index in [0.29, 0.717) is 25.4 Å². The zero-order chi connectivity index (χ0) is 20.7. The Bertz CT molecular complexity index is 898. The van der Waals surface area contributed by atoms with Crippen LogP contribution in [0.5, 0.6) is 0 Å². The molecule has 28 heavy (non-hydrogen) atoms. The third-order valence-corrected chi connectivity index (χ3v) is 5.58. The minimum Gasteiger partial charge on any atom is -0.375 e. The molecule has 2 rings (SSSR count). The Morgan fingerprint density at radius 2 is 1.82 bits per heavy atom. The second kappa shape index (κ2) is 9.71. The van der Waals surface area contributed by atoms with Gasteiger partial charge in [-0.1, -0.05) is 42.5 Å². The smallest absolute Gasteiger partial charge is 0.243 e. The molecule has 0 aliphatic carbocycles. The SMILES string of the molecule is Cc1ccc(C)c(N([C@H](C)C(=O)NCCOCc2ccccc2)S(C)(=O)=O)c1. The summed E-state index contributed by atoms with van der Waals surface area (Å²) in [6, 6.07) is 14.4. The summed E-state index contributed by atoms with van der Waals surface area (Å²) in [7, 11) is -3.63. The van der Waals surface area contributed by atoms with Gasteiger partial charge in [-0.25, -0.2) is 8.42 Å². The third kappa shape index (κ3) is 6.07. The molecule has 6 nitrogen and oxygen atoms in total. The van der Waals surface area contributed by atoms with Crippen molar-refractivity contribution in [2.24, 2.45) is 0 Å². The van der Waals surface area contributed by atoms with Crippen LogP contribution in [0.2, 0.25) is 0 Å². The summed E-state index contributed by atoms with van der Waals surface area (Å²) in [5, 5.41) is 2.76. The van der Waals surface area contributed by atoms with Crippen LogP contribution in [0, 0.1) is 13.8 Å². The van der Waals surface area contributed by atoms with E-state index in [9.17, 15) is 13.2 Å². The molecule has 1 atom stereocenters. The fourth-order valence-corrected chi connectivity index (χ4v) is 4.12. The second-order valence-electron chi connectivity index (χ2n) is 6.85. The van der Waals surface area contributed by atoms with Gasteiger partial charge in [-0.15, -0.1) is 0 Å². The Morgan fingerprint density at radius 1 is 1.14 bits per heavy atom. The van der Waals surface area contributed by atoms with E-state index in [1.54, 1.807) is 13.0 Å². The molecule has 0 heterocycles. The van der Waals surface area contributed by atoms with E-state index < -0.39 is 16.1 Å². The van der Waals surface area contributed by atoms with Crippen molar-refractivity contribution in [3.05, 3.63) is 65.2 Å². The van der Waals surface area contributed by atoms with Crippen LogP contribution in [0.3, 0.4) is 0 Å². The summed E-state index contributed by atoms with van der Waals surface area (Å²) in [6.07, 6.45) is 1.11. The average Bonchev–Trinajstić information content (AvgIpc) is 2.64. The molecule has 2 aromatic rings. The molecule has 0 unspecified atom stereocenters. The third-order valence-electron chi connectivity index (χ3n) is 4.35. The summed E-state index contributed by atoms with van der Waals surface area (Å²) in [6.45, 7) is 6.41. The Kier molecular flexibility index (Phi) is 7.60. The topological polar surface area (TPSA) is 75.7 Å². The van der Waals surface area contributed by atoms with Crippen LogP contribution in [0.15, 0.2) is 48.5 Å². The molecule has 0 spiro atoms. The van der Waals surface area contributed by atoms with Crippen molar-refractivity contribution in [3.63, 3.8) is 0 Å². The number of aryl methyl sites for hydroxylation is 2. The maximum Gasteiger partial charge on any atom is 0.243 e. The van der Waals surface area contributed by atoms with E-state index in [1.165, 1.54) is 4.31 Å².